The number of likely N-dealkylation sites (tertiary alicyclic amines) is 1. The van der Waals surface area contributed by atoms with Gasteiger partial charge in [0.05, 0.1) is 49.9 Å². The molecule has 0 aliphatic carbocycles. The second kappa shape index (κ2) is 35.1. The number of non-ortho nitro benzene ring substituents is 1. The van der Waals surface area contributed by atoms with Gasteiger partial charge >= 0.3 is 18.3 Å². The second-order valence-electron chi connectivity index (χ2n) is 29.7. The SMILES string of the molecule is CN1[C@@H](CC(=O)c2ccccc2)CCC[C@H]1C[C@H](O)c1ccccc1.CN1[C@@H]2CCC(C)(C)[C@H]1C[C@H](OC(=O)C(O)(c1cccs1)c1cccs1)C2.O=[N+]([O-])c1ccc(O)c2ncccc12.OC1(c2ccc(Cl)cc2)c2ccccc2C2=NCCN21.O[C@@H](c1cc(C(F)(F)F)nc2c(C(F)(F)F)cccc12)[C@H]1CCCCN1. The number of carbonyl (C=O) groups is 2. The van der Waals surface area contributed by atoms with E-state index in [1.54, 1.807) is 24.3 Å². The molecule has 6 N–H and O–H groups in total. The minimum atomic E-state index is -4.93. The number of amidine groups is 1. The third-order valence-electron chi connectivity index (χ3n) is 22.3. The molecule has 0 radical (unpaired) electrons. The molecule has 590 valence electrons. The number of aromatic nitrogens is 2. The van der Waals surface area contributed by atoms with Crippen molar-refractivity contribution in [2.75, 3.05) is 33.7 Å². The zero-order valence-corrected chi connectivity index (χ0v) is 64.5. The Labute approximate surface area is 658 Å². The number of Topliss-reactive ketones (excluding diaryl/α,β-unsaturated/α-hetero) is 1. The highest BCUT2D eigenvalue weighted by molar-refractivity contribution is 7.12. The summed E-state index contributed by atoms with van der Waals surface area (Å²) in [5.41, 5.74) is -1.66. The number of alkyl halides is 6. The van der Waals surface area contributed by atoms with Gasteiger partial charge in [0.1, 0.15) is 28.9 Å². The minimum absolute atomic E-state index is 0.0498. The molecule has 112 heavy (non-hydrogen) atoms. The lowest BCUT2D eigenvalue weighted by atomic mass is 9.68. The van der Waals surface area contributed by atoms with Crippen LogP contribution in [0.25, 0.3) is 21.8 Å². The van der Waals surface area contributed by atoms with Crippen LogP contribution in [0.2, 0.25) is 5.02 Å². The smallest absolute Gasteiger partial charge is 0.433 e. The Morgan fingerprint density at radius 1 is 0.741 bits per heavy atom. The van der Waals surface area contributed by atoms with E-state index in [4.69, 9.17) is 16.3 Å². The largest absolute Gasteiger partial charge is 0.506 e. The predicted octanol–water partition coefficient (Wildman–Crippen LogP) is 17.4. The molecule has 6 aromatic carbocycles. The maximum absolute atomic E-state index is 13.2. The molecule has 0 amide bonds. The van der Waals surface area contributed by atoms with Gasteiger partial charge in [-0.3, -0.25) is 34.7 Å². The number of esters is 1. The van der Waals surface area contributed by atoms with Crippen LogP contribution in [-0.2, 0) is 33.2 Å². The highest BCUT2D eigenvalue weighted by Gasteiger charge is 2.52. The number of nitro benzene ring substituents is 1. The molecule has 27 heteroatoms. The molecule has 2 bridgehead atoms. The van der Waals surface area contributed by atoms with Gasteiger partial charge in [0, 0.05) is 94.5 Å². The molecule has 4 saturated heterocycles. The summed E-state index contributed by atoms with van der Waals surface area (Å²) in [4.78, 5) is 55.5. The molecule has 4 fully saturated rings. The third kappa shape index (κ3) is 18.1. The molecule has 1 unspecified atom stereocenters. The average molecular weight is 1600 g/mol. The highest BCUT2D eigenvalue weighted by Crippen LogP contribution is 2.48. The number of hydrogen-bond acceptors (Lipinski definition) is 19. The van der Waals surface area contributed by atoms with Crippen molar-refractivity contribution in [2.45, 2.75) is 163 Å². The van der Waals surface area contributed by atoms with E-state index in [0.29, 0.717) is 69.8 Å². The van der Waals surface area contributed by atoms with Gasteiger partial charge in [-0.05, 0) is 154 Å². The number of piperidine rings is 4. The zero-order chi connectivity index (χ0) is 79.9. The van der Waals surface area contributed by atoms with Crippen LogP contribution in [0.15, 0.2) is 204 Å². The number of ketones is 1. The first-order valence-electron chi connectivity index (χ1n) is 37.3. The lowest BCUT2D eigenvalue weighted by molar-refractivity contribution is -0.383. The van der Waals surface area contributed by atoms with E-state index in [0.717, 1.165) is 111 Å². The van der Waals surface area contributed by atoms with Crippen molar-refractivity contribution in [3.8, 4) is 5.75 Å². The van der Waals surface area contributed by atoms with Crippen LogP contribution in [0.4, 0.5) is 32.0 Å². The average Bonchev–Trinajstić information content (AvgIpc) is 1.54. The summed E-state index contributed by atoms with van der Waals surface area (Å²) in [6.45, 7) is 6.65. The first kappa shape index (κ1) is 82.4. The van der Waals surface area contributed by atoms with E-state index in [9.17, 15) is 71.6 Å². The molecule has 0 saturated carbocycles. The van der Waals surface area contributed by atoms with Gasteiger partial charge in [0.2, 0.25) is 5.60 Å². The van der Waals surface area contributed by atoms with E-state index in [1.807, 2.05) is 137 Å². The number of nitrogens with one attached hydrogen (secondary N) is 1. The molecule has 6 aliphatic heterocycles. The van der Waals surface area contributed by atoms with Crippen LogP contribution in [0.5, 0.6) is 5.75 Å². The fourth-order valence-corrected chi connectivity index (χ4v) is 18.1. The number of aliphatic hydroxyl groups is 4. The molecule has 16 rings (SSSR count). The van der Waals surface area contributed by atoms with Gasteiger partial charge in [-0.2, -0.15) is 26.3 Å². The number of pyridine rings is 2. The summed E-state index contributed by atoms with van der Waals surface area (Å²) in [6, 6.07) is 52.2. The lowest BCUT2D eigenvalue weighted by Gasteiger charge is -2.54. The standard InChI is InChI=1S/C22H27NO2.C21H27NO3S2.C17H16F6N2O.C16H13ClN2O.C9H6N2O3/c1-23-19(15-21(24)17-9-4-2-5-10-17)13-8-14-20(23)16-22(25)18-11-6-3-7-12-18;1-20(2)9-8-14-12-15(13-16(20)22(14)3)25-19(23)21(24,17-6-4-10-26-17)18-7-5-11-27-18;18-16(19,20)11-5-3-4-9-10(15(26)12-6-1-2-7-24-12)8-13(17(21,22)23)25-14(9)11;17-12-7-5-11(6-8-12)16(20)14-4-2-1-3-13(14)15-18-9-10-19(15)16;12-8-4-3-7(11(13)14)6-2-1-5-10-9(6)8/h2-7,9-12,19-21,24H,8,13-16H2,1H3;4-7,10-11,14-16,24H,8-9,12-13H2,1-3H3;3-5,8,12,15,24,26H,1-2,6-7H2;1-8,20H,9-10H2;1-5,12H/t19-,20+,21-;14-,15-,16-;12-,15+;;/m011../s1. The van der Waals surface area contributed by atoms with E-state index in [-0.39, 0.29) is 51.2 Å². The number of nitrogens with zero attached hydrogens (tertiary/aromatic N) is 7. The van der Waals surface area contributed by atoms with Crippen molar-refractivity contribution in [1.29, 1.82) is 0 Å². The van der Waals surface area contributed by atoms with Crippen molar-refractivity contribution in [3.05, 3.63) is 268 Å². The molecule has 10 heterocycles. The van der Waals surface area contributed by atoms with Crippen molar-refractivity contribution in [2.24, 2.45) is 10.4 Å². The summed E-state index contributed by atoms with van der Waals surface area (Å²) in [7, 11) is 4.30. The summed E-state index contributed by atoms with van der Waals surface area (Å²) in [6.07, 6.45) is 0.427. The number of aliphatic imine (C=N–C) groups is 1. The number of ether oxygens (including phenoxy) is 1. The van der Waals surface area contributed by atoms with Crippen molar-refractivity contribution in [1.82, 2.24) is 30.0 Å². The molecular formula is C85H89ClF6N8O10S2. The maximum Gasteiger partial charge on any atom is 0.433 e. The molecule has 9 atom stereocenters. The van der Waals surface area contributed by atoms with Gasteiger partial charge < -0.3 is 40.5 Å². The molecule has 6 aliphatic rings. The number of nitro groups is 1. The highest BCUT2D eigenvalue weighted by atomic mass is 35.5. The lowest BCUT2D eigenvalue weighted by Crippen LogP contribution is -2.59. The number of benzene rings is 6. The first-order valence-corrected chi connectivity index (χ1v) is 39.5. The Kier molecular flexibility index (Phi) is 25.8. The molecule has 10 aromatic rings. The van der Waals surface area contributed by atoms with E-state index in [2.05, 4.69) is 58.0 Å². The molecule has 0 spiro atoms. The number of aromatic hydroxyl groups is 1. The van der Waals surface area contributed by atoms with Crippen molar-refractivity contribution < 1.29 is 71.1 Å². The Morgan fingerprint density at radius 2 is 1.41 bits per heavy atom. The Morgan fingerprint density at radius 3 is 2.06 bits per heavy atom. The predicted molar refractivity (Wildman–Crippen MR) is 421 cm³/mol. The van der Waals surface area contributed by atoms with E-state index < -0.39 is 69.6 Å². The van der Waals surface area contributed by atoms with Crippen LogP contribution in [0.1, 0.15) is 162 Å². The third-order valence-corrected chi connectivity index (χ3v) is 24.5. The number of fused-ring (bicyclic) bond motifs is 7. The number of rotatable bonds is 14. The van der Waals surface area contributed by atoms with Gasteiger partial charge in [0.15, 0.2) is 11.5 Å². The first-order chi connectivity index (χ1) is 53.5. The number of para-hydroxylation sites is 1. The normalized spacial score (nSPS) is 22.0. The summed E-state index contributed by atoms with van der Waals surface area (Å²) in [5, 5.41) is 71.6. The fourth-order valence-electron chi connectivity index (χ4n) is 16.3. The topological polar surface area (TPSA) is 248 Å². The number of phenols is 1. The Hall–Kier alpha value is -9.06. The Bertz CT molecular complexity index is 4870. The number of hydrogen-bond donors (Lipinski definition) is 6. The number of carbonyl (C=O) groups excluding carboxylic acids is 2. The van der Waals surface area contributed by atoms with Gasteiger partial charge in [0.25, 0.3) is 5.69 Å². The van der Waals surface area contributed by atoms with Crippen LogP contribution < -0.4 is 5.32 Å². The molecule has 18 nitrogen and oxygen atoms in total. The molecule has 4 aromatic heterocycles. The van der Waals surface area contributed by atoms with Gasteiger partial charge in [-0.15, -0.1) is 22.7 Å². The van der Waals surface area contributed by atoms with E-state index in [1.165, 1.54) is 53.5 Å². The maximum atomic E-state index is 13.2. The number of thiophene rings is 2. The van der Waals surface area contributed by atoms with Gasteiger partial charge in [-0.25, -0.2) is 9.78 Å². The van der Waals surface area contributed by atoms with E-state index >= 15 is 0 Å². The Balaban J connectivity index is 0.000000132. The summed E-state index contributed by atoms with van der Waals surface area (Å²) in [5.74, 6) is 0.504. The number of halogens is 7. The zero-order valence-electron chi connectivity index (χ0n) is 62.1. The summed E-state index contributed by atoms with van der Waals surface area (Å²) >= 11 is 8.72. The van der Waals surface area contributed by atoms with Crippen molar-refractivity contribution in [3.63, 3.8) is 0 Å². The van der Waals surface area contributed by atoms with Crippen LogP contribution in [0, 0.1) is 15.5 Å². The van der Waals surface area contributed by atoms with Crippen LogP contribution in [-0.4, -0.2) is 143 Å². The number of phenolic OH excluding ortho intramolecular Hbond substituents is 1. The van der Waals surface area contributed by atoms with Crippen molar-refractivity contribution >= 4 is 79.4 Å². The monoisotopic (exact) mass is 1590 g/mol. The van der Waals surface area contributed by atoms with Crippen LogP contribution >= 0.6 is 34.3 Å². The quantitative estimate of drug-likeness (QED) is 0.0195. The van der Waals surface area contributed by atoms with Gasteiger partial charge in [-0.1, -0.05) is 160 Å². The second-order valence-corrected chi connectivity index (χ2v) is 32.1. The fraction of sp³-hybridized carbons (Fsp3) is 0.376. The van der Waals surface area contributed by atoms with Crippen LogP contribution in [0.3, 0.4) is 0 Å². The minimum Gasteiger partial charge on any atom is -0.506 e. The summed E-state index contributed by atoms with van der Waals surface area (Å²) < 4.78 is 85.3. The molecular weight excluding hydrogens is 1510 g/mol. The number of aliphatic hydroxyl groups excluding tert-OH is 2.